The molecule has 2 saturated heterocycles. The fourth-order valence-corrected chi connectivity index (χ4v) is 3.46. The summed E-state index contributed by atoms with van der Waals surface area (Å²) in [7, 11) is 0. The maximum atomic E-state index is 12.9. The number of nitrogens with one attached hydrogen (secondary N) is 1. The molecule has 0 aromatic heterocycles. The van der Waals surface area contributed by atoms with E-state index in [0.29, 0.717) is 25.4 Å². The second-order valence-electron chi connectivity index (χ2n) is 6.72. The van der Waals surface area contributed by atoms with Crippen LogP contribution in [-0.4, -0.2) is 47.6 Å². The van der Waals surface area contributed by atoms with E-state index in [9.17, 15) is 9.59 Å². The van der Waals surface area contributed by atoms with E-state index < -0.39 is 0 Å². The molecular weight excluding hydrogens is 268 g/mol. The number of hydrogen-bond donors (Lipinski definition) is 1. The first kappa shape index (κ1) is 16.3. The van der Waals surface area contributed by atoms with Crippen molar-refractivity contribution in [2.24, 2.45) is 5.92 Å². The molecular formula is C16H28N2O3. The quantitative estimate of drug-likeness (QED) is 0.859. The Bertz CT molecular complexity index is 397. The van der Waals surface area contributed by atoms with Crippen molar-refractivity contribution >= 4 is 11.8 Å². The predicted molar refractivity (Wildman–Crippen MR) is 80.7 cm³/mol. The lowest BCUT2D eigenvalue weighted by molar-refractivity contribution is -0.156. The number of carbonyl (C=O) groups is 2. The van der Waals surface area contributed by atoms with Gasteiger partial charge in [0.25, 0.3) is 0 Å². The molecule has 2 rings (SSSR count). The molecule has 2 amide bonds. The van der Waals surface area contributed by atoms with Crippen LogP contribution < -0.4 is 5.32 Å². The summed E-state index contributed by atoms with van der Waals surface area (Å²) in [6, 6.07) is -0.554. The summed E-state index contributed by atoms with van der Waals surface area (Å²) >= 11 is 0. The summed E-state index contributed by atoms with van der Waals surface area (Å²) in [6.45, 7) is 8.82. The summed E-state index contributed by atoms with van der Waals surface area (Å²) in [4.78, 5) is 27.1. The smallest absolute Gasteiger partial charge is 0.246 e. The highest BCUT2D eigenvalue weighted by atomic mass is 16.5. The first-order chi connectivity index (χ1) is 9.93. The zero-order chi connectivity index (χ0) is 15.6. The van der Waals surface area contributed by atoms with Gasteiger partial charge in [-0.05, 0) is 38.5 Å². The van der Waals surface area contributed by atoms with Gasteiger partial charge in [0.1, 0.15) is 12.1 Å². The van der Waals surface area contributed by atoms with Crippen molar-refractivity contribution in [3.63, 3.8) is 0 Å². The minimum absolute atomic E-state index is 0.00175. The Balaban J connectivity index is 2.19. The molecule has 4 unspecified atom stereocenters. The van der Waals surface area contributed by atoms with Crippen LogP contribution in [0, 0.1) is 5.92 Å². The van der Waals surface area contributed by atoms with Gasteiger partial charge in [-0.25, -0.2) is 0 Å². The summed E-state index contributed by atoms with van der Waals surface area (Å²) < 4.78 is 5.58. The summed E-state index contributed by atoms with van der Waals surface area (Å²) in [5, 5.41) is 2.92. The second kappa shape index (κ2) is 6.77. The molecule has 21 heavy (non-hydrogen) atoms. The lowest BCUT2D eigenvalue weighted by Gasteiger charge is -2.45. The standard InChI is InChI=1S/C16H28N2O3/c1-5-14-15(19)17-13(8-10(2)3)16(20)18(14)12-6-7-21-11(4)9-12/h10-14H,5-9H2,1-4H3,(H,17,19). The molecule has 0 saturated carbocycles. The normalized spacial score (nSPS) is 34.2. The van der Waals surface area contributed by atoms with Gasteiger partial charge < -0.3 is 15.0 Å². The van der Waals surface area contributed by atoms with Gasteiger partial charge in [-0.15, -0.1) is 0 Å². The fourth-order valence-electron chi connectivity index (χ4n) is 3.46. The SMILES string of the molecule is CCC1C(=O)NC(CC(C)C)C(=O)N1C1CCOC(C)C1. The van der Waals surface area contributed by atoms with Crippen LogP contribution >= 0.6 is 0 Å². The van der Waals surface area contributed by atoms with E-state index >= 15 is 0 Å². The zero-order valence-corrected chi connectivity index (χ0v) is 13.6. The van der Waals surface area contributed by atoms with E-state index in [1.807, 2.05) is 18.7 Å². The van der Waals surface area contributed by atoms with Crippen molar-refractivity contribution in [3.05, 3.63) is 0 Å². The summed E-state index contributed by atoms with van der Waals surface area (Å²) in [5.41, 5.74) is 0. The largest absolute Gasteiger partial charge is 0.378 e. The van der Waals surface area contributed by atoms with Gasteiger partial charge in [-0.3, -0.25) is 9.59 Å². The minimum Gasteiger partial charge on any atom is -0.378 e. The number of hydrogen-bond acceptors (Lipinski definition) is 3. The van der Waals surface area contributed by atoms with E-state index in [1.165, 1.54) is 0 Å². The topological polar surface area (TPSA) is 58.6 Å². The molecule has 0 spiro atoms. The number of piperazine rings is 1. The minimum atomic E-state index is -0.363. The average molecular weight is 296 g/mol. The molecule has 0 aromatic rings. The number of ether oxygens (including phenoxy) is 1. The molecule has 2 aliphatic rings. The second-order valence-corrected chi connectivity index (χ2v) is 6.72. The lowest BCUT2D eigenvalue weighted by Crippen LogP contribution is -2.66. The van der Waals surface area contributed by atoms with Crippen molar-refractivity contribution in [1.29, 1.82) is 0 Å². The van der Waals surface area contributed by atoms with E-state index in [1.54, 1.807) is 0 Å². The van der Waals surface area contributed by atoms with E-state index in [0.717, 1.165) is 12.8 Å². The van der Waals surface area contributed by atoms with Crippen LogP contribution in [0.2, 0.25) is 0 Å². The van der Waals surface area contributed by atoms with Crippen LogP contribution in [0.1, 0.15) is 53.4 Å². The fraction of sp³-hybridized carbons (Fsp3) is 0.875. The van der Waals surface area contributed by atoms with Crippen molar-refractivity contribution in [1.82, 2.24) is 10.2 Å². The lowest BCUT2D eigenvalue weighted by atomic mass is 9.93. The molecule has 120 valence electrons. The van der Waals surface area contributed by atoms with Crippen molar-refractivity contribution in [3.8, 4) is 0 Å². The Labute approximate surface area is 127 Å². The van der Waals surface area contributed by atoms with Gasteiger partial charge in [-0.2, -0.15) is 0 Å². The van der Waals surface area contributed by atoms with Gasteiger partial charge in [0.05, 0.1) is 6.10 Å². The molecule has 1 N–H and O–H groups in total. The molecule has 0 radical (unpaired) electrons. The van der Waals surface area contributed by atoms with Gasteiger partial charge in [0.2, 0.25) is 11.8 Å². The monoisotopic (exact) mass is 296 g/mol. The summed E-state index contributed by atoms with van der Waals surface area (Å²) in [6.07, 6.45) is 3.18. The van der Waals surface area contributed by atoms with E-state index in [-0.39, 0.29) is 36.0 Å². The Morgan fingerprint density at radius 3 is 2.67 bits per heavy atom. The maximum Gasteiger partial charge on any atom is 0.246 e. The van der Waals surface area contributed by atoms with Crippen molar-refractivity contribution in [2.45, 2.75) is 77.6 Å². The molecule has 4 atom stereocenters. The van der Waals surface area contributed by atoms with Crippen molar-refractivity contribution in [2.75, 3.05) is 6.61 Å². The Hall–Kier alpha value is -1.10. The molecule has 0 aromatic carbocycles. The van der Waals surface area contributed by atoms with Crippen LogP contribution in [0.3, 0.4) is 0 Å². The summed E-state index contributed by atoms with van der Waals surface area (Å²) in [5.74, 6) is 0.476. The Morgan fingerprint density at radius 1 is 1.38 bits per heavy atom. The highest BCUT2D eigenvalue weighted by molar-refractivity contribution is 5.97. The number of rotatable bonds is 4. The van der Waals surface area contributed by atoms with E-state index in [4.69, 9.17) is 4.74 Å². The van der Waals surface area contributed by atoms with Gasteiger partial charge in [0, 0.05) is 12.6 Å². The zero-order valence-electron chi connectivity index (χ0n) is 13.6. The molecule has 5 nitrogen and oxygen atoms in total. The van der Waals surface area contributed by atoms with Gasteiger partial charge in [0.15, 0.2) is 0 Å². The number of amides is 2. The van der Waals surface area contributed by atoms with Crippen LogP contribution in [0.4, 0.5) is 0 Å². The first-order valence-corrected chi connectivity index (χ1v) is 8.18. The van der Waals surface area contributed by atoms with Crippen LogP contribution in [-0.2, 0) is 14.3 Å². The molecule has 2 fully saturated rings. The average Bonchev–Trinajstić information content (AvgIpc) is 2.41. The predicted octanol–water partition coefficient (Wildman–Crippen LogP) is 1.71. The van der Waals surface area contributed by atoms with Crippen LogP contribution in [0.15, 0.2) is 0 Å². The molecule has 5 heteroatoms. The van der Waals surface area contributed by atoms with E-state index in [2.05, 4.69) is 19.2 Å². The number of carbonyl (C=O) groups excluding carboxylic acids is 2. The Kier molecular flexibility index (Phi) is 5.25. The van der Waals surface area contributed by atoms with Gasteiger partial charge >= 0.3 is 0 Å². The van der Waals surface area contributed by atoms with Crippen molar-refractivity contribution < 1.29 is 14.3 Å². The van der Waals surface area contributed by atoms with Crippen LogP contribution in [0.25, 0.3) is 0 Å². The molecule has 0 bridgehead atoms. The highest BCUT2D eigenvalue weighted by Crippen LogP contribution is 2.26. The third-order valence-corrected chi connectivity index (χ3v) is 4.45. The highest BCUT2D eigenvalue weighted by Gasteiger charge is 2.43. The Morgan fingerprint density at radius 2 is 2.10 bits per heavy atom. The number of nitrogens with zero attached hydrogens (tertiary/aromatic N) is 1. The third-order valence-electron chi connectivity index (χ3n) is 4.45. The third kappa shape index (κ3) is 3.57. The van der Waals surface area contributed by atoms with Crippen LogP contribution in [0.5, 0.6) is 0 Å². The molecule has 2 aliphatic heterocycles. The first-order valence-electron chi connectivity index (χ1n) is 8.18. The maximum absolute atomic E-state index is 12.9. The van der Waals surface area contributed by atoms with Gasteiger partial charge in [-0.1, -0.05) is 20.8 Å². The molecule has 2 heterocycles. The molecule has 0 aliphatic carbocycles.